The molecule has 0 amide bonds. The van der Waals surface area contributed by atoms with Crippen LogP contribution in [0.3, 0.4) is 0 Å². The van der Waals surface area contributed by atoms with Crippen molar-refractivity contribution in [1.29, 1.82) is 0 Å². The van der Waals surface area contributed by atoms with E-state index in [1.165, 1.54) is 18.6 Å². The van der Waals surface area contributed by atoms with E-state index in [1.54, 1.807) is 6.07 Å². The molecule has 0 bridgehead atoms. The average molecular weight is 257 g/mol. The Labute approximate surface area is 105 Å². The van der Waals surface area contributed by atoms with Gasteiger partial charge in [0.1, 0.15) is 0 Å². The van der Waals surface area contributed by atoms with Gasteiger partial charge in [0.2, 0.25) is 0 Å². The van der Waals surface area contributed by atoms with E-state index in [9.17, 15) is 8.78 Å². The van der Waals surface area contributed by atoms with E-state index >= 15 is 0 Å². The molecule has 0 aromatic heterocycles. The minimum absolute atomic E-state index is 0.0603. The van der Waals surface area contributed by atoms with E-state index in [1.807, 2.05) is 18.8 Å². The second-order valence-corrected chi connectivity index (χ2v) is 6.29. The molecule has 1 fully saturated rings. The third-order valence-electron chi connectivity index (χ3n) is 3.43. The van der Waals surface area contributed by atoms with Crippen molar-refractivity contribution in [1.82, 2.24) is 5.32 Å². The SMILES string of the molecule is CNC(c1ccc(F)c(F)c1)C1(C)CCCS1. The van der Waals surface area contributed by atoms with Gasteiger partial charge >= 0.3 is 0 Å². The third kappa shape index (κ3) is 2.47. The smallest absolute Gasteiger partial charge is 0.159 e. The van der Waals surface area contributed by atoms with Crippen LogP contribution < -0.4 is 5.32 Å². The lowest BCUT2D eigenvalue weighted by molar-refractivity contribution is 0.435. The van der Waals surface area contributed by atoms with Gasteiger partial charge in [-0.3, -0.25) is 0 Å². The molecule has 0 aliphatic carbocycles. The molecule has 1 heterocycles. The molecule has 2 atom stereocenters. The van der Waals surface area contributed by atoms with Crippen molar-refractivity contribution >= 4 is 11.8 Å². The zero-order chi connectivity index (χ0) is 12.5. The van der Waals surface area contributed by atoms with Crippen LogP contribution >= 0.6 is 11.8 Å². The lowest BCUT2D eigenvalue weighted by Gasteiger charge is -2.33. The van der Waals surface area contributed by atoms with Crippen molar-refractivity contribution < 1.29 is 8.78 Å². The molecule has 0 saturated carbocycles. The first-order valence-electron chi connectivity index (χ1n) is 5.83. The Hall–Kier alpha value is -0.610. The van der Waals surface area contributed by atoms with Crippen LogP contribution in [-0.2, 0) is 0 Å². The van der Waals surface area contributed by atoms with Crippen molar-refractivity contribution in [3.05, 3.63) is 35.4 Å². The van der Waals surface area contributed by atoms with Crippen LogP contribution in [0, 0.1) is 11.6 Å². The van der Waals surface area contributed by atoms with Gasteiger partial charge in [-0.1, -0.05) is 6.07 Å². The van der Waals surface area contributed by atoms with E-state index in [0.717, 1.165) is 17.7 Å². The Morgan fingerprint density at radius 3 is 2.65 bits per heavy atom. The van der Waals surface area contributed by atoms with Gasteiger partial charge in [0.15, 0.2) is 11.6 Å². The predicted molar refractivity (Wildman–Crippen MR) is 68.3 cm³/mol. The summed E-state index contributed by atoms with van der Waals surface area (Å²) in [6.45, 7) is 2.19. The normalized spacial score (nSPS) is 26.1. The largest absolute Gasteiger partial charge is 0.312 e. The summed E-state index contributed by atoms with van der Waals surface area (Å²) in [7, 11) is 1.87. The first-order valence-corrected chi connectivity index (χ1v) is 6.81. The van der Waals surface area contributed by atoms with Crippen LogP contribution in [0.5, 0.6) is 0 Å². The van der Waals surface area contributed by atoms with Gasteiger partial charge in [-0.05, 0) is 50.3 Å². The molecule has 1 aliphatic rings. The Morgan fingerprint density at radius 2 is 2.12 bits per heavy atom. The fraction of sp³-hybridized carbons (Fsp3) is 0.538. The summed E-state index contributed by atoms with van der Waals surface area (Å²) in [4.78, 5) is 0. The van der Waals surface area contributed by atoms with Gasteiger partial charge in [0.25, 0.3) is 0 Å². The summed E-state index contributed by atoms with van der Waals surface area (Å²) < 4.78 is 26.3. The fourth-order valence-corrected chi connectivity index (χ4v) is 4.01. The third-order valence-corrected chi connectivity index (χ3v) is 5.02. The summed E-state index contributed by atoms with van der Waals surface area (Å²) in [6.07, 6.45) is 2.28. The second-order valence-electron chi connectivity index (χ2n) is 4.66. The van der Waals surface area contributed by atoms with Crippen molar-refractivity contribution in [3.63, 3.8) is 0 Å². The molecular formula is C13H17F2NS. The van der Waals surface area contributed by atoms with Crippen LogP contribution in [0.25, 0.3) is 0 Å². The standard InChI is InChI=1S/C13H17F2NS/c1-13(6-3-7-17-13)12(16-2)9-4-5-10(14)11(15)8-9/h4-5,8,12,16H,3,6-7H2,1-2H3. The molecule has 0 radical (unpaired) electrons. The summed E-state index contributed by atoms with van der Waals surface area (Å²) in [5.41, 5.74) is 0.823. The van der Waals surface area contributed by atoms with Crippen molar-refractivity contribution in [3.8, 4) is 0 Å². The number of hydrogen-bond donors (Lipinski definition) is 1. The molecule has 17 heavy (non-hydrogen) atoms. The summed E-state index contributed by atoms with van der Waals surface area (Å²) in [5.74, 6) is -0.416. The molecule has 4 heteroatoms. The van der Waals surface area contributed by atoms with E-state index in [-0.39, 0.29) is 10.8 Å². The van der Waals surface area contributed by atoms with Crippen LogP contribution in [0.2, 0.25) is 0 Å². The molecular weight excluding hydrogens is 240 g/mol. The lowest BCUT2D eigenvalue weighted by Crippen LogP contribution is -2.35. The average Bonchev–Trinajstić information content (AvgIpc) is 2.72. The Balaban J connectivity index is 2.31. The monoisotopic (exact) mass is 257 g/mol. The molecule has 0 spiro atoms. The molecule has 1 aliphatic heterocycles. The van der Waals surface area contributed by atoms with Gasteiger partial charge in [-0.15, -0.1) is 0 Å². The first-order chi connectivity index (χ1) is 8.07. The molecule has 2 unspecified atom stereocenters. The molecule has 94 valence electrons. The second kappa shape index (κ2) is 4.94. The minimum atomic E-state index is -0.784. The Bertz CT molecular complexity index is 402. The Morgan fingerprint density at radius 1 is 1.35 bits per heavy atom. The number of rotatable bonds is 3. The highest BCUT2D eigenvalue weighted by atomic mass is 32.2. The zero-order valence-electron chi connectivity index (χ0n) is 10.1. The predicted octanol–water partition coefficient (Wildman–Crippen LogP) is 3.51. The highest BCUT2D eigenvalue weighted by molar-refractivity contribution is 8.00. The van der Waals surface area contributed by atoms with Crippen LogP contribution in [0.1, 0.15) is 31.4 Å². The van der Waals surface area contributed by atoms with Crippen LogP contribution in [0.4, 0.5) is 8.78 Å². The number of halogens is 2. The number of thioether (sulfide) groups is 1. The molecule has 1 nitrogen and oxygen atoms in total. The minimum Gasteiger partial charge on any atom is -0.312 e. The van der Waals surface area contributed by atoms with Crippen molar-refractivity contribution in [2.75, 3.05) is 12.8 Å². The summed E-state index contributed by atoms with van der Waals surface area (Å²) in [6, 6.07) is 4.24. The maximum absolute atomic E-state index is 13.3. The van der Waals surface area contributed by atoms with Crippen molar-refractivity contribution in [2.45, 2.75) is 30.6 Å². The summed E-state index contributed by atoms with van der Waals surface area (Å²) >= 11 is 1.90. The van der Waals surface area contributed by atoms with Crippen LogP contribution in [-0.4, -0.2) is 17.5 Å². The molecule has 1 aromatic rings. The summed E-state index contributed by atoms with van der Waals surface area (Å²) in [5, 5.41) is 3.24. The maximum atomic E-state index is 13.3. The fourth-order valence-electron chi connectivity index (χ4n) is 2.54. The quantitative estimate of drug-likeness (QED) is 0.889. The number of hydrogen-bond acceptors (Lipinski definition) is 2. The Kier molecular flexibility index (Phi) is 3.73. The number of nitrogens with one attached hydrogen (secondary N) is 1. The van der Waals surface area contributed by atoms with Gasteiger partial charge in [0, 0.05) is 10.8 Å². The first kappa shape index (κ1) is 12.8. The molecule has 2 rings (SSSR count). The van der Waals surface area contributed by atoms with Crippen molar-refractivity contribution in [2.24, 2.45) is 0 Å². The molecule has 1 saturated heterocycles. The van der Waals surface area contributed by atoms with Gasteiger partial charge in [-0.25, -0.2) is 8.78 Å². The molecule has 1 aromatic carbocycles. The van der Waals surface area contributed by atoms with Gasteiger partial charge < -0.3 is 5.32 Å². The van der Waals surface area contributed by atoms with E-state index in [2.05, 4.69) is 12.2 Å². The van der Waals surface area contributed by atoms with Crippen LogP contribution in [0.15, 0.2) is 18.2 Å². The van der Waals surface area contributed by atoms with E-state index < -0.39 is 11.6 Å². The lowest BCUT2D eigenvalue weighted by atomic mass is 9.90. The molecule has 1 N–H and O–H groups in total. The van der Waals surface area contributed by atoms with E-state index in [4.69, 9.17) is 0 Å². The zero-order valence-corrected chi connectivity index (χ0v) is 10.9. The van der Waals surface area contributed by atoms with Gasteiger partial charge in [0.05, 0.1) is 0 Å². The highest BCUT2D eigenvalue weighted by Gasteiger charge is 2.38. The van der Waals surface area contributed by atoms with Gasteiger partial charge in [-0.2, -0.15) is 11.8 Å². The van der Waals surface area contributed by atoms with E-state index in [0.29, 0.717) is 0 Å². The topological polar surface area (TPSA) is 12.0 Å². The maximum Gasteiger partial charge on any atom is 0.159 e. The highest BCUT2D eigenvalue weighted by Crippen LogP contribution is 2.46. The number of benzene rings is 1.